The topological polar surface area (TPSA) is 34.1 Å². The standard InChI is InChI=1S/C22H32O2S2/c1-14(2)26-25-13-22-11-8-16(23)12-15(22)4-5-17-18-6-7-20(24)21(18,3)10-9-19(17)22/h12,14,17-19H,4-11,13H2,1-3H3/t17-,18-,19-,21-,22+/m0/s1. The number of allylic oxidation sites excluding steroid dienone is 1. The van der Waals surface area contributed by atoms with Crippen molar-refractivity contribution in [1.82, 2.24) is 0 Å². The average molecular weight is 393 g/mol. The van der Waals surface area contributed by atoms with Gasteiger partial charge in [0.1, 0.15) is 5.78 Å². The molecule has 0 aromatic heterocycles. The highest BCUT2D eigenvalue weighted by Crippen LogP contribution is 2.65. The summed E-state index contributed by atoms with van der Waals surface area (Å²) in [6.45, 7) is 6.78. The Morgan fingerprint density at radius 2 is 1.88 bits per heavy atom. The summed E-state index contributed by atoms with van der Waals surface area (Å²) in [7, 11) is 4.01. The van der Waals surface area contributed by atoms with Crippen LogP contribution in [-0.2, 0) is 9.59 Å². The van der Waals surface area contributed by atoms with E-state index in [9.17, 15) is 9.59 Å². The second-order valence-electron chi connectivity index (χ2n) is 9.53. The molecule has 2 nitrogen and oxygen atoms in total. The third kappa shape index (κ3) is 2.94. The molecule has 4 aliphatic carbocycles. The third-order valence-electron chi connectivity index (χ3n) is 7.97. The lowest BCUT2D eigenvalue weighted by Gasteiger charge is -2.58. The SMILES string of the molecule is CC(C)SSC[C@]12CCC(=O)C=C1CC[C@@H]1[C@@H]2CC[C@]2(C)C(=O)CC[C@@H]12. The first kappa shape index (κ1) is 19.1. The van der Waals surface area contributed by atoms with Gasteiger partial charge in [0, 0.05) is 34.7 Å². The zero-order chi connectivity index (χ0) is 18.5. The van der Waals surface area contributed by atoms with E-state index < -0.39 is 0 Å². The van der Waals surface area contributed by atoms with Crippen molar-refractivity contribution in [2.24, 2.45) is 28.6 Å². The Morgan fingerprint density at radius 1 is 1.08 bits per heavy atom. The second-order valence-corrected chi connectivity index (χ2v) is 12.5. The number of fused-ring (bicyclic) bond motifs is 5. The summed E-state index contributed by atoms with van der Waals surface area (Å²) in [4.78, 5) is 24.7. The van der Waals surface area contributed by atoms with E-state index in [0.29, 0.717) is 34.6 Å². The number of Topliss-reactive ketones (excluding diaryl/α,β-unsaturated/α-hetero) is 1. The average Bonchev–Trinajstić information content (AvgIpc) is 2.90. The largest absolute Gasteiger partial charge is 0.299 e. The lowest BCUT2D eigenvalue weighted by atomic mass is 9.47. The van der Waals surface area contributed by atoms with Crippen LogP contribution in [0.5, 0.6) is 0 Å². The molecule has 0 bridgehead atoms. The quantitative estimate of drug-likeness (QED) is 0.561. The van der Waals surface area contributed by atoms with Gasteiger partial charge in [-0.1, -0.05) is 47.9 Å². The fourth-order valence-electron chi connectivity index (χ4n) is 6.68. The molecule has 4 heteroatoms. The predicted molar refractivity (Wildman–Crippen MR) is 111 cm³/mol. The van der Waals surface area contributed by atoms with Crippen molar-refractivity contribution in [3.63, 3.8) is 0 Å². The fourth-order valence-corrected chi connectivity index (χ4v) is 9.42. The molecule has 4 aliphatic rings. The van der Waals surface area contributed by atoms with Crippen LogP contribution in [0.1, 0.15) is 72.1 Å². The summed E-state index contributed by atoms with van der Waals surface area (Å²) in [6, 6.07) is 0. The summed E-state index contributed by atoms with van der Waals surface area (Å²) in [6.07, 6.45) is 10.2. The van der Waals surface area contributed by atoms with Gasteiger partial charge in [-0.25, -0.2) is 0 Å². The van der Waals surface area contributed by atoms with Gasteiger partial charge in [0.05, 0.1) is 0 Å². The van der Waals surface area contributed by atoms with Crippen molar-refractivity contribution in [1.29, 1.82) is 0 Å². The Morgan fingerprint density at radius 3 is 2.65 bits per heavy atom. The predicted octanol–water partition coefficient (Wildman–Crippen LogP) is 5.86. The van der Waals surface area contributed by atoms with Crippen LogP contribution in [0.4, 0.5) is 0 Å². The fraction of sp³-hybridized carbons (Fsp3) is 0.818. The highest BCUT2D eigenvalue weighted by molar-refractivity contribution is 8.76. The minimum absolute atomic E-state index is 0.0477. The maximum absolute atomic E-state index is 12.6. The Hall–Kier alpha value is -0.220. The molecule has 0 saturated heterocycles. The number of hydrogen-bond acceptors (Lipinski definition) is 4. The van der Waals surface area contributed by atoms with Crippen molar-refractivity contribution >= 4 is 33.2 Å². The molecule has 0 unspecified atom stereocenters. The molecule has 144 valence electrons. The molecule has 0 aromatic rings. The molecule has 0 radical (unpaired) electrons. The second kappa shape index (κ2) is 6.99. The lowest BCUT2D eigenvalue weighted by molar-refractivity contribution is -0.132. The summed E-state index contributed by atoms with van der Waals surface area (Å²) in [5, 5.41) is 0.635. The van der Waals surface area contributed by atoms with E-state index in [4.69, 9.17) is 0 Å². The van der Waals surface area contributed by atoms with Crippen LogP contribution in [0.15, 0.2) is 11.6 Å². The summed E-state index contributed by atoms with van der Waals surface area (Å²) >= 11 is 0. The van der Waals surface area contributed by atoms with Gasteiger partial charge in [0.15, 0.2) is 5.78 Å². The number of carbonyl (C=O) groups is 2. The molecule has 0 aliphatic heterocycles. The van der Waals surface area contributed by atoms with Crippen LogP contribution in [-0.4, -0.2) is 22.6 Å². The highest BCUT2D eigenvalue weighted by atomic mass is 33.1. The third-order valence-corrected chi connectivity index (χ3v) is 11.0. The first-order valence-corrected chi connectivity index (χ1v) is 12.8. The minimum atomic E-state index is -0.0477. The van der Waals surface area contributed by atoms with E-state index in [-0.39, 0.29) is 10.8 Å². The molecule has 0 heterocycles. The van der Waals surface area contributed by atoms with Crippen LogP contribution in [0.3, 0.4) is 0 Å². The zero-order valence-electron chi connectivity index (χ0n) is 16.4. The van der Waals surface area contributed by atoms with Crippen LogP contribution >= 0.6 is 21.6 Å². The molecule has 0 spiro atoms. The van der Waals surface area contributed by atoms with E-state index in [1.54, 1.807) is 0 Å². The first-order chi connectivity index (χ1) is 12.4. The van der Waals surface area contributed by atoms with Gasteiger partial charge >= 0.3 is 0 Å². The molecule has 3 fully saturated rings. The molecule has 26 heavy (non-hydrogen) atoms. The van der Waals surface area contributed by atoms with Crippen LogP contribution < -0.4 is 0 Å². The van der Waals surface area contributed by atoms with E-state index in [1.165, 1.54) is 18.4 Å². The maximum Gasteiger partial charge on any atom is 0.155 e. The van der Waals surface area contributed by atoms with Gasteiger partial charge in [-0.2, -0.15) is 0 Å². The first-order valence-electron chi connectivity index (χ1n) is 10.4. The normalized spacial score (nSPS) is 42.3. The Bertz CT molecular complexity index is 640. The van der Waals surface area contributed by atoms with Crippen molar-refractivity contribution in [2.45, 2.75) is 77.4 Å². The monoisotopic (exact) mass is 392 g/mol. The van der Waals surface area contributed by atoms with Crippen LogP contribution in [0.25, 0.3) is 0 Å². The van der Waals surface area contributed by atoms with E-state index in [2.05, 4.69) is 20.8 Å². The summed E-state index contributed by atoms with van der Waals surface area (Å²) in [5.41, 5.74) is 1.63. The van der Waals surface area contributed by atoms with E-state index >= 15 is 0 Å². The van der Waals surface area contributed by atoms with Crippen molar-refractivity contribution in [3.05, 3.63) is 11.6 Å². The smallest absolute Gasteiger partial charge is 0.155 e. The minimum Gasteiger partial charge on any atom is -0.299 e. The summed E-state index contributed by atoms with van der Waals surface area (Å²) < 4.78 is 0. The van der Waals surface area contributed by atoms with Gasteiger partial charge in [-0.15, -0.1) is 0 Å². The lowest BCUT2D eigenvalue weighted by Crippen LogP contribution is -2.52. The van der Waals surface area contributed by atoms with Gasteiger partial charge in [-0.05, 0) is 62.4 Å². The summed E-state index contributed by atoms with van der Waals surface area (Å²) in [5.74, 6) is 3.97. The number of rotatable bonds is 4. The number of hydrogen-bond donors (Lipinski definition) is 0. The van der Waals surface area contributed by atoms with Gasteiger partial charge < -0.3 is 0 Å². The maximum atomic E-state index is 12.6. The molecule has 0 amide bonds. The van der Waals surface area contributed by atoms with Crippen molar-refractivity contribution in [3.8, 4) is 0 Å². The van der Waals surface area contributed by atoms with Crippen molar-refractivity contribution in [2.75, 3.05) is 5.75 Å². The molecule has 4 rings (SSSR count). The Balaban J connectivity index is 1.65. The van der Waals surface area contributed by atoms with Crippen LogP contribution in [0.2, 0.25) is 0 Å². The molecular weight excluding hydrogens is 360 g/mol. The van der Waals surface area contributed by atoms with Crippen molar-refractivity contribution < 1.29 is 9.59 Å². The van der Waals surface area contributed by atoms with E-state index in [0.717, 1.165) is 44.3 Å². The van der Waals surface area contributed by atoms with Crippen LogP contribution in [0, 0.1) is 28.6 Å². The molecule has 5 atom stereocenters. The molecule has 0 N–H and O–H groups in total. The molecular formula is C22H32O2S2. The Kier molecular flexibility index (Phi) is 5.14. The van der Waals surface area contributed by atoms with E-state index in [1.807, 2.05) is 27.7 Å². The number of ketones is 2. The number of carbonyl (C=O) groups excluding carboxylic acids is 2. The highest BCUT2D eigenvalue weighted by Gasteiger charge is 2.60. The Labute approximate surface area is 166 Å². The van der Waals surface area contributed by atoms with Gasteiger partial charge in [0.2, 0.25) is 0 Å². The van der Waals surface area contributed by atoms with Gasteiger partial charge in [0.25, 0.3) is 0 Å². The molecule has 0 aromatic carbocycles. The van der Waals surface area contributed by atoms with Gasteiger partial charge in [-0.3, -0.25) is 9.59 Å². The zero-order valence-corrected chi connectivity index (χ0v) is 18.0. The molecule has 3 saturated carbocycles.